The summed E-state index contributed by atoms with van der Waals surface area (Å²) in [6, 6.07) is 11.1. The maximum atomic E-state index is 12.2. The molecule has 23 heavy (non-hydrogen) atoms. The van der Waals surface area contributed by atoms with Crippen LogP contribution in [-0.4, -0.2) is 37.5 Å². The molecule has 0 saturated carbocycles. The Bertz CT molecular complexity index is 649. The van der Waals surface area contributed by atoms with Crippen LogP contribution >= 0.6 is 11.8 Å². The van der Waals surface area contributed by atoms with Gasteiger partial charge in [-0.15, -0.1) is 11.8 Å². The van der Waals surface area contributed by atoms with Crippen molar-refractivity contribution in [2.45, 2.75) is 11.6 Å². The van der Waals surface area contributed by atoms with Crippen molar-refractivity contribution < 1.29 is 14.3 Å². The van der Waals surface area contributed by atoms with Crippen LogP contribution in [0.25, 0.3) is 0 Å². The first kappa shape index (κ1) is 17.3. The Balaban J connectivity index is 1.92. The number of benzene rings is 1. The van der Waals surface area contributed by atoms with Gasteiger partial charge < -0.3 is 14.8 Å². The number of nitrogens with zero attached hydrogens (tertiary/aromatic N) is 1. The van der Waals surface area contributed by atoms with E-state index in [1.807, 2.05) is 30.5 Å². The molecule has 0 aliphatic rings. The van der Waals surface area contributed by atoms with Crippen molar-refractivity contribution in [3.8, 4) is 5.75 Å². The van der Waals surface area contributed by atoms with Crippen LogP contribution in [-0.2, 0) is 11.3 Å². The number of amides is 1. The molecule has 0 bridgehead atoms. The number of ether oxygens (including phenoxy) is 2. The van der Waals surface area contributed by atoms with Gasteiger partial charge in [0.25, 0.3) is 5.91 Å². The molecular weight excluding hydrogens is 312 g/mol. The monoisotopic (exact) mass is 332 g/mol. The fraction of sp³-hybridized carbons (Fsp3) is 0.294. The predicted octanol–water partition coefficient (Wildman–Crippen LogP) is 2.76. The molecule has 1 amide bonds. The Morgan fingerprint density at radius 2 is 2.13 bits per heavy atom. The van der Waals surface area contributed by atoms with Crippen LogP contribution in [0.2, 0.25) is 0 Å². The lowest BCUT2D eigenvalue weighted by atomic mass is 10.2. The van der Waals surface area contributed by atoms with Gasteiger partial charge in [0, 0.05) is 25.4 Å². The third-order valence-electron chi connectivity index (χ3n) is 3.11. The maximum Gasteiger partial charge on any atom is 0.251 e. The summed E-state index contributed by atoms with van der Waals surface area (Å²) >= 11 is 1.51. The number of nitrogens with one attached hydrogen (secondary N) is 1. The zero-order valence-corrected chi connectivity index (χ0v) is 14.1. The predicted molar refractivity (Wildman–Crippen MR) is 91.0 cm³/mol. The number of rotatable bonds is 8. The molecule has 2 rings (SSSR count). The highest BCUT2D eigenvalue weighted by Gasteiger charge is 2.07. The largest absolute Gasteiger partial charge is 0.491 e. The van der Waals surface area contributed by atoms with E-state index in [9.17, 15) is 4.79 Å². The van der Waals surface area contributed by atoms with Gasteiger partial charge in [-0.2, -0.15) is 0 Å². The molecule has 5 nitrogen and oxygen atoms in total. The summed E-state index contributed by atoms with van der Waals surface area (Å²) in [6.07, 6.45) is 3.57. The molecule has 0 unspecified atom stereocenters. The van der Waals surface area contributed by atoms with E-state index in [0.717, 1.165) is 16.3 Å². The second-order valence-electron chi connectivity index (χ2n) is 4.76. The summed E-state index contributed by atoms with van der Waals surface area (Å²) in [6.45, 7) is 1.48. The van der Waals surface area contributed by atoms with Gasteiger partial charge >= 0.3 is 0 Å². The normalized spacial score (nSPS) is 10.3. The van der Waals surface area contributed by atoms with Crippen molar-refractivity contribution in [2.75, 3.05) is 26.6 Å². The van der Waals surface area contributed by atoms with Gasteiger partial charge in [0.05, 0.1) is 11.6 Å². The fourth-order valence-electron chi connectivity index (χ4n) is 1.93. The molecule has 1 aromatic carbocycles. The van der Waals surface area contributed by atoms with Gasteiger partial charge in [0.15, 0.2) is 0 Å². The van der Waals surface area contributed by atoms with Gasteiger partial charge in [0.2, 0.25) is 0 Å². The molecule has 0 atom stereocenters. The molecular formula is C17H20N2O3S. The zero-order chi connectivity index (χ0) is 16.5. The number of carbonyl (C=O) groups is 1. The summed E-state index contributed by atoms with van der Waals surface area (Å²) in [5.74, 6) is 0.649. The molecule has 122 valence electrons. The minimum atomic E-state index is -0.117. The topological polar surface area (TPSA) is 60.5 Å². The third kappa shape index (κ3) is 5.58. The van der Waals surface area contributed by atoms with Crippen molar-refractivity contribution in [3.63, 3.8) is 0 Å². The van der Waals surface area contributed by atoms with Gasteiger partial charge in [-0.3, -0.25) is 4.79 Å². The minimum Gasteiger partial charge on any atom is -0.491 e. The molecule has 0 radical (unpaired) electrons. The smallest absolute Gasteiger partial charge is 0.251 e. The summed E-state index contributed by atoms with van der Waals surface area (Å²) in [5, 5.41) is 3.73. The van der Waals surface area contributed by atoms with E-state index < -0.39 is 0 Å². The van der Waals surface area contributed by atoms with Gasteiger partial charge in [-0.05, 0) is 36.1 Å². The van der Waals surface area contributed by atoms with E-state index in [-0.39, 0.29) is 5.91 Å². The summed E-state index contributed by atoms with van der Waals surface area (Å²) in [5.41, 5.74) is 1.59. The van der Waals surface area contributed by atoms with E-state index in [0.29, 0.717) is 25.3 Å². The first-order valence-corrected chi connectivity index (χ1v) is 8.44. The lowest BCUT2D eigenvalue weighted by Gasteiger charge is -2.09. The molecule has 0 fully saturated rings. The van der Waals surface area contributed by atoms with Crippen molar-refractivity contribution >= 4 is 17.7 Å². The maximum absolute atomic E-state index is 12.2. The lowest BCUT2D eigenvalue weighted by Crippen LogP contribution is -2.22. The van der Waals surface area contributed by atoms with Gasteiger partial charge in [-0.25, -0.2) is 4.98 Å². The molecule has 1 N–H and O–H groups in total. The second-order valence-corrected chi connectivity index (χ2v) is 5.58. The highest BCUT2D eigenvalue weighted by atomic mass is 32.2. The van der Waals surface area contributed by atoms with E-state index in [2.05, 4.69) is 10.3 Å². The van der Waals surface area contributed by atoms with Crippen LogP contribution in [0.3, 0.4) is 0 Å². The van der Waals surface area contributed by atoms with Crippen molar-refractivity contribution in [1.29, 1.82) is 0 Å². The minimum absolute atomic E-state index is 0.117. The van der Waals surface area contributed by atoms with Crippen molar-refractivity contribution in [1.82, 2.24) is 10.3 Å². The number of pyridine rings is 1. The van der Waals surface area contributed by atoms with Gasteiger partial charge in [0.1, 0.15) is 12.4 Å². The Morgan fingerprint density at radius 3 is 2.91 bits per heavy atom. The Hall–Kier alpha value is -2.05. The standard InChI is InChI=1S/C17H20N2O3S/c1-21-8-9-22-15-5-3-4-13(10-15)12-19-17(20)14-6-7-18-16(11-14)23-2/h3-7,10-11H,8-9,12H2,1-2H3,(H,19,20). The zero-order valence-electron chi connectivity index (χ0n) is 13.2. The van der Waals surface area contributed by atoms with Crippen LogP contribution < -0.4 is 10.1 Å². The molecule has 2 aromatic rings. The number of methoxy groups -OCH3 is 1. The molecule has 6 heteroatoms. The number of hydrogen-bond acceptors (Lipinski definition) is 5. The second kappa shape index (κ2) is 9.17. The number of hydrogen-bond donors (Lipinski definition) is 1. The van der Waals surface area contributed by atoms with Crippen LogP contribution in [0.4, 0.5) is 0 Å². The van der Waals surface area contributed by atoms with Crippen LogP contribution in [0.1, 0.15) is 15.9 Å². The Kier molecular flexibility index (Phi) is 6.90. The SMILES string of the molecule is COCCOc1cccc(CNC(=O)c2ccnc(SC)c2)c1. The average molecular weight is 332 g/mol. The summed E-state index contributed by atoms with van der Waals surface area (Å²) < 4.78 is 10.5. The van der Waals surface area contributed by atoms with Gasteiger partial charge in [-0.1, -0.05) is 12.1 Å². The van der Waals surface area contributed by atoms with Crippen LogP contribution in [0.5, 0.6) is 5.75 Å². The average Bonchev–Trinajstić information content (AvgIpc) is 2.60. The number of thioether (sulfide) groups is 1. The highest BCUT2D eigenvalue weighted by molar-refractivity contribution is 7.98. The number of aromatic nitrogens is 1. The third-order valence-corrected chi connectivity index (χ3v) is 3.76. The summed E-state index contributed by atoms with van der Waals surface area (Å²) in [4.78, 5) is 16.3. The van der Waals surface area contributed by atoms with Crippen LogP contribution in [0, 0.1) is 0 Å². The van der Waals surface area contributed by atoms with E-state index >= 15 is 0 Å². The lowest BCUT2D eigenvalue weighted by molar-refractivity contribution is 0.0950. The van der Waals surface area contributed by atoms with Crippen molar-refractivity contribution in [2.24, 2.45) is 0 Å². The molecule has 0 spiro atoms. The van der Waals surface area contributed by atoms with E-state index in [1.54, 1.807) is 25.4 Å². The number of carbonyl (C=O) groups excluding carboxylic acids is 1. The Labute approximate surface area is 140 Å². The van der Waals surface area contributed by atoms with Crippen molar-refractivity contribution in [3.05, 3.63) is 53.7 Å². The molecule has 0 aliphatic carbocycles. The Morgan fingerprint density at radius 1 is 1.26 bits per heavy atom. The first-order valence-electron chi connectivity index (χ1n) is 7.22. The highest BCUT2D eigenvalue weighted by Crippen LogP contribution is 2.14. The van der Waals surface area contributed by atoms with Crippen LogP contribution in [0.15, 0.2) is 47.6 Å². The molecule has 0 saturated heterocycles. The fourth-order valence-corrected chi connectivity index (χ4v) is 2.35. The van der Waals surface area contributed by atoms with E-state index in [4.69, 9.17) is 9.47 Å². The van der Waals surface area contributed by atoms with E-state index in [1.165, 1.54) is 11.8 Å². The first-order chi connectivity index (χ1) is 11.2. The molecule has 0 aliphatic heterocycles. The quantitative estimate of drug-likeness (QED) is 0.595. The molecule has 1 heterocycles. The summed E-state index contributed by atoms with van der Waals surface area (Å²) in [7, 11) is 1.64. The molecule has 1 aromatic heterocycles.